The summed E-state index contributed by atoms with van der Waals surface area (Å²) in [6.07, 6.45) is 0. The van der Waals surface area contributed by atoms with Gasteiger partial charge in [-0.3, -0.25) is 0 Å². The van der Waals surface area contributed by atoms with E-state index in [1.54, 1.807) is 26.0 Å². The number of benzene rings is 2. The summed E-state index contributed by atoms with van der Waals surface area (Å²) in [5.41, 5.74) is 1.84. The normalized spacial score (nSPS) is 11.1. The van der Waals surface area contributed by atoms with Crippen LogP contribution in [0.15, 0.2) is 47.4 Å². The minimum absolute atomic E-state index is 0.0936. The van der Waals surface area contributed by atoms with Crippen molar-refractivity contribution in [2.75, 3.05) is 6.61 Å². The van der Waals surface area contributed by atoms with E-state index in [1.807, 2.05) is 13.0 Å². The summed E-state index contributed by atoms with van der Waals surface area (Å²) in [4.78, 5) is 11.6. The Hall–Kier alpha value is -2.34. The molecule has 0 radical (unpaired) electrons. The quantitative estimate of drug-likeness (QED) is 0.620. The fraction of sp³-hybridized carbons (Fsp3) is 0.235. The van der Waals surface area contributed by atoms with Crippen LogP contribution >= 0.6 is 0 Å². The topological polar surface area (TPSA) is 69.7 Å². The van der Waals surface area contributed by atoms with E-state index in [1.165, 1.54) is 24.3 Å². The first-order valence-electron chi connectivity index (χ1n) is 7.13. The van der Waals surface area contributed by atoms with E-state index < -0.39 is 16.1 Å². The van der Waals surface area contributed by atoms with Gasteiger partial charge in [0, 0.05) is 0 Å². The van der Waals surface area contributed by atoms with Gasteiger partial charge in [0.2, 0.25) is 0 Å². The van der Waals surface area contributed by atoms with Gasteiger partial charge in [-0.05, 0) is 56.2 Å². The molecule has 0 heterocycles. The van der Waals surface area contributed by atoms with Crippen molar-refractivity contribution >= 4 is 16.1 Å². The van der Waals surface area contributed by atoms with Gasteiger partial charge in [-0.1, -0.05) is 18.2 Å². The van der Waals surface area contributed by atoms with Gasteiger partial charge in [0.1, 0.15) is 10.6 Å². The summed E-state index contributed by atoms with van der Waals surface area (Å²) in [7, 11) is -4.03. The summed E-state index contributed by atoms with van der Waals surface area (Å²) >= 11 is 0. The molecule has 0 fully saturated rings. The number of rotatable bonds is 5. The average Bonchev–Trinajstić information content (AvgIpc) is 2.52. The average molecular weight is 334 g/mol. The van der Waals surface area contributed by atoms with Crippen LogP contribution in [0.5, 0.6) is 5.75 Å². The van der Waals surface area contributed by atoms with Gasteiger partial charge < -0.3 is 8.92 Å². The summed E-state index contributed by atoms with van der Waals surface area (Å²) < 4.78 is 34.9. The molecule has 2 aromatic rings. The molecule has 0 bridgehead atoms. The first-order valence-corrected chi connectivity index (χ1v) is 8.54. The molecule has 0 atom stereocenters. The lowest BCUT2D eigenvalue weighted by Gasteiger charge is -2.11. The first-order chi connectivity index (χ1) is 10.8. The number of ether oxygens (including phenoxy) is 1. The van der Waals surface area contributed by atoms with Crippen LogP contribution in [-0.4, -0.2) is 21.0 Å². The van der Waals surface area contributed by atoms with Gasteiger partial charge in [0.25, 0.3) is 0 Å². The molecule has 0 saturated carbocycles. The maximum absolute atomic E-state index is 12.4. The van der Waals surface area contributed by atoms with E-state index in [2.05, 4.69) is 0 Å². The van der Waals surface area contributed by atoms with Crippen molar-refractivity contribution in [3.05, 3.63) is 59.2 Å². The summed E-state index contributed by atoms with van der Waals surface area (Å²) in [5, 5.41) is 0. The Bertz CT molecular complexity index is 825. The molecule has 0 amide bonds. The summed E-state index contributed by atoms with van der Waals surface area (Å²) in [6, 6.07) is 10.8. The van der Waals surface area contributed by atoms with Gasteiger partial charge in [-0.2, -0.15) is 8.42 Å². The SMILES string of the molecule is CCOC(=O)c1cccc(S(=O)(=O)Oc2cccc(C)c2C)c1. The van der Waals surface area contributed by atoms with Crippen molar-refractivity contribution in [2.45, 2.75) is 25.7 Å². The second-order valence-corrected chi connectivity index (χ2v) is 6.53. The minimum Gasteiger partial charge on any atom is -0.462 e. The lowest BCUT2D eigenvalue weighted by atomic mass is 10.1. The van der Waals surface area contributed by atoms with Crippen LogP contribution in [0, 0.1) is 13.8 Å². The highest BCUT2D eigenvalue weighted by atomic mass is 32.2. The highest BCUT2D eigenvalue weighted by molar-refractivity contribution is 7.87. The van der Waals surface area contributed by atoms with Crippen LogP contribution in [0.2, 0.25) is 0 Å². The molecule has 0 aliphatic carbocycles. The third kappa shape index (κ3) is 3.90. The molecule has 0 N–H and O–H groups in total. The second-order valence-electron chi connectivity index (χ2n) is 4.98. The molecule has 6 heteroatoms. The smallest absolute Gasteiger partial charge is 0.339 e. The molecule has 0 saturated heterocycles. The van der Waals surface area contributed by atoms with Crippen LogP contribution in [-0.2, 0) is 14.9 Å². The molecular formula is C17H18O5S. The van der Waals surface area contributed by atoms with Crippen LogP contribution in [0.1, 0.15) is 28.4 Å². The van der Waals surface area contributed by atoms with Gasteiger partial charge in [0.15, 0.2) is 0 Å². The zero-order chi connectivity index (χ0) is 17.0. The fourth-order valence-corrected chi connectivity index (χ4v) is 3.00. The molecule has 2 rings (SSSR count). The molecular weight excluding hydrogens is 316 g/mol. The molecule has 0 aromatic heterocycles. The predicted octanol–water partition coefficient (Wildman–Crippen LogP) is 3.25. The molecule has 0 aliphatic rings. The first kappa shape index (κ1) is 17.0. The Morgan fingerprint density at radius 1 is 1.09 bits per heavy atom. The van der Waals surface area contributed by atoms with Gasteiger partial charge in [-0.15, -0.1) is 0 Å². The van der Waals surface area contributed by atoms with Crippen molar-refractivity contribution in [1.29, 1.82) is 0 Å². The van der Waals surface area contributed by atoms with E-state index in [4.69, 9.17) is 8.92 Å². The van der Waals surface area contributed by atoms with E-state index in [9.17, 15) is 13.2 Å². The second kappa shape index (κ2) is 6.83. The lowest BCUT2D eigenvalue weighted by molar-refractivity contribution is 0.0526. The zero-order valence-corrected chi connectivity index (χ0v) is 14.0. The Labute approximate surface area is 136 Å². The van der Waals surface area contributed by atoms with Gasteiger partial charge in [-0.25, -0.2) is 4.79 Å². The molecule has 122 valence electrons. The number of aryl methyl sites for hydroxylation is 1. The van der Waals surface area contributed by atoms with Crippen molar-refractivity contribution in [3.8, 4) is 5.75 Å². The third-order valence-corrected chi connectivity index (χ3v) is 4.62. The summed E-state index contributed by atoms with van der Waals surface area (Å²) in [5.74, 6) is -0.303. The Morgan fingerprint density at radius 3 is 2.48 bits per heavy atom. The maximum atomic E-state index is 12.4. The molecule has 5 nitrogen and oxygen atoms in total. The van der Waals surface area contributed by atoms with E-state index in [0.29, 0.717) is 0 Å². The van der Waals surface area contributed by atoms with Crippen LogP contribution in [0.25, 0.3) is 0 Å². The maximum Gasteiger partial charge on any atom is 0.339 e. The van der Waals surface area contributed by atoms with Crippen LogP contribution < -0.4 is 4.18 Å². The standard InChI is InChI=1S/C17H18O5S/c1-4-21-17(18)14-8-6-9-15(11-14)23(19,20)22-16-10-5-7-12(2)13(16)3/h5-11H,4H2,1-3H3. The Balaban J connectivity index is 2.35. The zero-order valence-electron chi connectivity index (χ0n) is 13.2. The number of carbonyl (C=O) groups excluding carboxylic acids is 1. The highest BCUT2D eigenvalue weighted by Crippen LogP contribution is 2.25. The Morgan fingerprint density at radius 2 is 1.78 bits per heavy atom. The minimum atomic E-state index is -4.03. The van der Waals surface area contributed by atoms with E-state index >= 15 is 0 Å². The number of carbonyl (C=O) groups is 1. The predicted molar refractivity (Wildman–Crippen MR) is 86.1 cm³/mol. The van der Waals surface area contributed by atoms with Crippen LogP contribution in [0.4, 0.5) is 0 Å². The third-order valence-electron chi connectivity index (χ3n) is 3.39. The van der Waals surface area contributed by atoms with Crippen molar-refractivity contribution < 1.29 is 22.1 Å². The highest BCUT2D eigenvalue weighted by Gasteiger charge is 2.20. The number of hydrogen-bond acceptors (Lipinski definition) is 5. The van der Waals surface area contributed by atoms with Crippen molar-refractivity contribution in [2.24, 2.45) is 0 Å². The number of hydrogen-bond donors (Lipinski definition) is 0. The molecule has 23 heavy (non-hydrogen) atoms. The molecule has 0 spiro atoms. The molecule has 0 unspecified atom stereocenters. The Kier molecular flexibility index (Phi) is 5.05. The monoisotopic (exact) mass is 334 g/mol. The van der Waals surface area contributed by atoms with Crippen LogP contribution in [0.3, 0.4) is 0 Å². The number of esters is 1. The summed E-state index contributed by atoms with van der Waals surface area (Å²) in [6.45, 7) is 5.56. The van der Waals surface area contributed by atoms with Crippen molar-refractivity contribution in [3.63, 3.8) is 0 Å². The molecule has 2 aromatic carbocycles. The van der Waals surface area contributed by atoms with Gasteiger partial charge in [0.05, 0.1) is 12.2 Å². The molecule has 0 aliphatic heterocycles. The van der Waals surface area contributed by atoms with Crippen molar-refractivity contribution in [1.82, 2.24) is 0 Å². The van der Waals surface area contributed by atoms with E-state index in [-0.39, 0.29) is 22.8 Å². The van der Waals surface area contributed by atoms with E-state index in [0.717, 1.165) is 11.1 Å². The lowest BCUT2D eigenvalue weighted by Crippen LogP contribution is -2.12. The fourth-order valence-electron chi connectivity index (χ4n) is 1.97. The largest absolute Gasteiger partial charge is 0.462 e. The van der Waals surface area contributed by atoms with Gasteiger partial charge >= 0.3 is 16.1 Å².